The lowest BCUT2D eigenvalue weighted by molar-refractivity contribution is 0.409. The molecule has 4 heteroatoms. The minimum absolute atomic E-state index is 0.488. The molecule has 0 aromatic carbocycles. The third-order valence-corrected chi connectivity index (χ3v) is 3.72. The molecule has 2 saturated carbocycles. The summed E-state index contributed by atoms with van der Waals surface area (Å²) in [6.45, 7) is 0. The Balaban J connectivity index is 1.83. The normalized spacial score (nSPS) is 24.7. The van der Waals surface area contributed by atoms with Crippen LogP contribution in [0, 0.1) is 0 Å². The maximum absolute atomic E-state index is 5.52. The van der Waals surface area contributed by atoms with E-state index in [0.29, 0.717) is 12.1 Å². The third kappa shape index (κ3) is 3.37. The zero-order valence-corrected chi connectivity index (χ0v) is 10.0. The minimum Gasteiger partial charge on any atom is -0.353 e. The Hall–Kier alpha value is -0.770. The molecule has 0 unspecified atom stereocenters. The van der Waals surface area contributed by atoms with Crippen LogP contribution in [0.25, 0.3) is 0 Å². The number of nitrogens with one attached hydrogen (secondary N) is 2. The van der Waals surface area contributed by atoms with Crippen LogP contribution >= 0.6 is 0 Å². The van der Waals surface area contributed by atoms with Crippen molar-refractivity contribution in [3.8, 4) is 0 Å². The highest BCUT2D eigenvalue weighted by molar-refractivity contribution is 5.79. The Labute approximate surface area is 98.0 Å². The van der Waals surface area contributed by atoms with Crippen molar-refractivity contribution in [2.24, 2.45) is 10.8 Å². The number of hydrogen-bond acceptors (Lipinski definition) is 2. The van der Waals surface area contributed by atoms with Gasteiger partial charge in [-0.05, 0) is 25.7 Å². The molecule has 0 aromatic rings. The zero-order valence-electron chi connectivity index (χ0n) is 10.0. The first-order chi connectivity index (χ1) is 7.88. The minimum atomic E-state index is 0.488. The van der Waals surface area contributed by atoms with E-state index in [4.69, 9.17) is 5.84 Å². The molecule has 2 aliphatic rings. The molecule has 2 rings (SSSR count). The molecule has 4 N–H and O–H groups in total. The highest BCUT2D eigenvalue weighted by Gasteiger charge is 2.17. The fourth-order valence-corrected chi connectivity index (χ4v) is 2.77. The molecule has 0 saturated heterocycles. The SMILES string of the molecule is NNC(=NC1CCCC1)NC1CCCCC1. The highest BCUT2D eigenvalue weighted by Crippen LogP contribution is 2.21. The van der Waals surface area contributed by atoms with E-state index in [9.17, 15) is 0 Å². The predicted molar refractivity (Wildman–Crippen MR) is 67.0 cm³/mol. The van der Waals surface area contributed by atoms with Crippen molar-refractivity contribution in [3.05, 3.63) is 0 Å². The van der Waals surface area contributed by atoms with Crippen molar-refractivity contribution >= 4 is 5.96 Å². The number of nitrogens with zero attached hydrogens (tertiary/aromatic N) is 1. The second-order valence-corrected chi connectivity index (χ2v) is 5.04. The van der Waals surface area contributed by atoms with Gasteiger partial charge >= 0.3 is 0 Å². The van der Waals surface area contributed by atoms with Gasteiger partial charge in [0.2, 0.25) is 5.96 Å². The maximum atomic E-state index is 5.52. The summed E-state index contributed by atoms with van der Waals surface area (Å²) >= 11 is 0. The molecule has 0 heterocycles. The van der Waals surface area contributed by atoms with Crippen molar-refractivity contribution in [1.82, 2.24) is 10.7 Å². The Morgan fingerprint density at radius 2 is 1.56 bits per heavy atom. The Kier molecular flexibility index (Phi) is 4.45. The molecule has 16 heavy (non-hydrogen) atoms. The second kappa shape index (κ2) is 6.09. The summed E-state index contributed by atoms with van der Waals surface area (Å²) in [5.74, 6) is 6.33. The molecule has 0 amide bonds. The highest BCUT2D eigenvalue weighted by atomic mass is 15.3. The summed E-state index contributed by atoms with van der Waals surface area (Å²) in [5.41, 5.74) is 2.72. The van der Waals surface area contributed by atoms with Gasteiger partial charge in [0.15, 0.2) is 0 Å². The lowest BCUT2D eigenvalue weighted by Crippen LogP contribution is -2.47. The van der Waals surface area contributed by atoms with E-state index in [2.05, 4.69) is 15.7 Å². The number of aliphatic imine (C=N–C) groups is 1. The van der Waals surface area contributed by atoms with Gasteiger partial charge in [0.1, 0.15) is 0 Å². The van der Waals surface area contributed by atoms with E-state index in [1.165, 1.54) is 57.8 Å². The predicted octanol–water partition coefficient (Wildman–Crippen LogP) is 1.67. The molecule has 0 aromatic heterocycles. The van der Waals surface area contributed by atoms with Crippen molar-refractivity contribution in [2.45, 2.75) is 69.9 Å². The fourth-order valence-electron chi connectivity index (χ4n) is 2.77. The largest absolute Gasteiger partial charge is 0.353 e. The van der Waals surface area contributed by atoms with Gasteiger partial charge in [0.05, 0.1) is 6.04 Å². The van der Waals surface area contributed by atoms with Crippen LogP contribution in [0.1, 0.15) is 57.8 Å². The van der Waals surface area contributed by atoms with E-state index in [1.807, 2.05) is 0 Å². The summed E-state index contributed by atoms with van der Waals surface area (Å²) in [6, 6.07) is 1.06. The van der Waals surface area contributed by atoms with Crippen molar-refractivity contribution in [3.63, 3.8) is 0 Å². The smallest absolute Gasteiger partial charge is 0.206 e. The summed E-state index contributed by atoms with van der Waals surface area (Å²) < 4.78 is 0. The van der Waals surface area contributed by atoms with Gasteiger partial charge in [0.25, 0.3) is 0 Å². The van der Waals surface area contributed by atoms with E-state index < -0.39 is 0 Å². The Morgan fingerprint density at radius 1 is 0.938 bits per heavy atom. The average molecular weight is 224 g/mol. The molecule has 2 aliphatic carbocycles. The summed E-state index contributed by atoms with van der Waals surface area (Å²) in [4.78, 5) is 4.66. The van der Waals surface area contributed by atoms with Crippen LogP contribution < -0.4 is 16.6 Å². The van der Waals surface area contributed by atoms with Crippen LogP contribution in [0.15, 0.2) is 4.99 Å². The van der Waals surface area contributed by atoms with Gasteiger partial charge in [-0.1, -0.05) is 32.1 Å². The topological polar surface area (TPSA) is 62.4 Å². The van der Waals surface area contributed by atoms with E-state index in [-0.39, 0.29) is 0 Å². The van der Waals surface area contributed by atoms with Crippen molar-refractivity contribution in [2.75, 3.05) is 0 Å². The zero-order chi connectivity index (χ0) is 11.2. The van der Waals surface area contributed by atoms with Crippen LogP contribution in [0.5, 0.6) is 0 Å². The summed E-state index contributed by atoms with van der Waals surface area (Å²) in [7, 11) is 0. The van der Waals surface area contributed by atoms with Gasteiger partial charge < -0.3 is 5.32 Å². The molecule has 0 aliphatic heterocycles. The fraction of sp³-hybridized carbons (Fsp3) is 0.917. The number of nitrogens with two attached hydrogens (primary N) is 1. The van der Waals surface area contributed by atoms with Crippen LogP contribution in [0.2, 0.25) is 0 Å². The molecular formula is C12H24N4. The first kappa shape index (κ1) is 11.7. The standard InChI is InChI=1S/C12H24N4/c13-16-12(15-11-8-4-5-9-11)14-10-6-2-1-3-7-10/h10-11H,1-9,13H2,(H2,14,15,16). The van der Waals surface area contributed by atoms with Crippen LogP contribution in [0.3, 0.4) is 0 Å². The van der Waals surface area contributed by atoms with Crippen molar-refractivity contribution in [1.29, 1.82) is 0 Å². The van der Waals surface area contributed by atoms with E-state index in [0.717, 1.165) is 5.96 Å². The van der Waals surface area contributed by atoms with Gasteiger partial charge in [0, 0.05) is 6.04 Å². The first-order valence-corrected chi connectivity index (χ1v) is 6.69. The average Bonchev–Trinajstić information content (AvgIpc) is 2.82. The quantitative estimate of drug-likeness (QED) is 0.289. The second-order valence-electron chi connectivity index (χ2n) is 5.04. The molecule has 2 fully saturated rings. The molecular weight excluding hydrogens is 200 g/mol. The summed E-state index contributed by atoms with van der Waals surface area (Å²) in [5, 5.41) is 3.45. The van der Waals surface area contributed by atoms with Gasteiger partial charge in [-0.2, -0.15) is 0 Å². The molecule has 4 nitrogen and oxygen atoms in total. The van der Waals surface area contributed by atoms with Gasteiger partial charge in [-0.15, -0.1) is 0 Å². The van der Waals surface area contributed by atoms with Crippen LogP contribution in [0.4, 0.5) is 0 Å². The molecule has 0 atom stereocenters. The van der Waals surface area contributed by atoms with E-state index in [1.54, 1.807) is 0 Å². The van der Waals surface area contributed by atoms with E-state index >= 15 is 0 Å². The number of rotatable bonds is 2. The third-order valence-electron chi connectivity index (χ3n) is 3.72. The Morgan fingerprint density at radius 3 is 2.19 bits per heavy atom. The monoisotopic (exact) mass is 224 g/mol. The number of hydrazine groups is 1. The summed E-state index contributed by atoms with van der Waals surface area (Å²) in [6.07, 6.45) is 11.6. The number of guanidine groups is 1. The van der Waals surface area contributed by atoms with Crippen LogP contribution in [-0.2, 0) is 0 Å². The van der Waals surface area contributed by atoms with Gasteiger partial charge in [-0.25, -0.2) is 10.8 Å². The number of hydrogen-bond donors (Lipinski definition) is 3. The lowest BCUT2D eigenvalue weighted by atomic mass is 9.96. The molecule has 0 radical (unpaired) electrons. The van der Waals surface area contributed by atoms with Crippen LogP contribution in [-0.4, -0.2) is 18.0 Å². The Bertz CT molecular complexity index is 227. The maximum Gasteiger partial charge on any atom is 0.206 e. The lowest BCUT2D eigenvalue weighted by Gasteiger charge is -2.24. The molecule has 0 bridgehead atoms. The van der Waals surface area contributed by atoms with Gasteiger partial charge in [-0.3, -0.25) is 5.43 Å². The van der Waals surface area contributed by atoms with Crippen molar-refractivity contribution < 1.29 is 0 Å². The molecule has 92 valence electrons. The first-order valence-electron chi connectivity index (χ1n) is 6.69. The molecule has 0 spiro atoms.